The van der Waals surface area contributed by atoms with Gasteiger partial charge in [0.25, 0.3) is 30.4 Å². The van der Waals surface area contributed by atoms with Crippen LogP contribution in [0.15, 0.2) is 88.0 Å². The molecule has 1 unspecified atom stereocenters. The van der Waals surface area contributed by atoms with E-state index in [2.05, 4.69) is 0 Å². The van der Waals surface area contributed by atoms with Gasteiger partial charge in [-0.15, -0.1) is 4.73 Å². The van der Waals surface area contributed by atoms with Gasteiger partial charge in [0, 0.05) is 60.6 Å². The molecule has 1 aliphatic carbocycles. The number of anilines is 1. The number of carbonyl (C=O) groups excluding carboxylic acids is 1. The SMILES string of the molecule is COCCOCCOCCOCC[N+](CCCS(=O)(=O)O)=c1ccc2c(C=CC=C3N(CCOCCOCCOCCOCCC(=O)On4c(O)ccc4O)c4ccc(S(=O)(=O)O)cc4C3(C)CCCS(=O)(=O)O)ccoc-2c1. The van der Waals surface area contributed by atoms with Crippen LogP contribution < -0.4 is 19.7 Å². The molecule has 2 aliphatic heterocycles. The second-order valence-corrected chi connectivity index (χ2v) is 22.5. The molecule has 3 heterocycles. The topological polar surface area (TPSA) is 328 Å². The van der Waals surface area contributed by atoms with Gasteiger partial charge in [-0.3, -0.25) is 13.7 Å². The molecule has 0 fully saturated rings. The maximum atomic E-state index is 12.4. The largest absolute Gasteiger partial charge is 0.492 e. The summed E-state index contributed by atoms with van der Waals surface area (Å²) in [5.41, 5.74) is 2.17. The summed E-state index contributed by atoms with van der Waals surface area (Å²) < 4.78 is 154. The minimum absolute atomic E-state index is 0.00199. The summed E-state index contributed by atoms with van der Waals surface area (Å²) in [6.07, 6.45) is 7.16. The Kier molecular flexibility index (Phi) is 26.3. The van der Waals surface area contributed by atoms with Crippen LogP contribution in [0, 0.1) is 0 Å². The van der Waals surface area contributed by atoms with E-state index in [4.69, 9.17) is 47.1 Å². The van der Waals surface area contributed by atoms with Crippen LogP contribution in [-0.2, 0) is 78.5 Å². The smallest absolute Gasteiger partial charge is 0.335 e. The van der Waals surface area contributed by atoms with E-state index in [1.165, 1.54) is 30.5 Å². The molecular weight excluding hydrogens is 1100 g/mol. The van der Waals surface area contributed by atoms with Crippen molar-refractivity contribution in [1.29, 1.82) is 0 Å². The van der Waals surface area contributed by atoms with Crippen molar-refractivity contribution in [3.8, 4) is 23.1 Å². The molecule has 79 heavy (non-hydrogen) atoms. The molecule has 0 amide bonds. The molecule has 25 nitrogen and oxygen atoms in total. The minimum atomic E-state index is -4.65. The van der Waals surface area contributed by atoms with Crippen LogP contribution in [0.2, 0.25) is 0 Å². The van der Waals surface area contributed by atoms with Crippen molar-refractivity contribution in [1.82, 2.24) is 9.31 Å². The van der Waals surface area contributed by atoms with Gasteiger partial charge in [0.15, 0.2) is 6.54 Å². The number of fused-ring (bicyclic) bond motifs is 2. The lowest BCUT2D eigenvalue weighted by Gasteiger charge is -2.30. The quantitative estimate of drug-likeness (QED) is 0.0243. The van der Waals surface area contributed by atoms with Crippen molar-refractivity contribution in [2.24, 2.45) is 0 Å². The zero-order valence-corrected chi connectivity index (χ0v) is 46.7. The zero-order chi connectivity index (χ0) is 57.3. The molecule has 440 valence electrons. The summed E-state index contributed by atoms with van der Waals surface area (Å²) in [6, 6.07) is 13.8. The van der Waals surface area contributed by atoms with Crippen LogP contribution in [-0.4, -0.2) is 197 Å². The van der Waals surface area contributed by atoms with Gasteiger partial charge in [-0.1, -0.05) is 12.2 Å². The number of nitrogens with zero attached hydrogens (tertiary/aromatic N) is 3. The van der Waals surface area contributed by atoms with E-state index in [9.17, 15) is 53.9 Å². The molecule has 2 aromatic rings. The first-order valence-corrected chi connectivity index (χ1v) is 30.0. The van der Waals surface area contributed by atoms with Crippen molar-refractivity contribution in [3.63, 3.8) is 0 Å². The third-order valence-corrected chi connectivity index (χ3v) is 14.7. The molecule has 0 bridgehead atoms. The van der Waals surface area contributed by atoms with Gasteiger partial charge in [0.2, 0.25) is 17.1 Å². The molecule has 0 saturated heterocycles. The number of rotatable bonds is 39. The lowest BCUT2D eigenvalue weighted by Crippen LogP contribution is -2.35. The number of carbonyl (C=O) groups is 1. The maximum absolute atomic E-state index is 12.4. The van der Waals surface area contributed by atoms with Gasteiger partial charge in [0.05, 0.1) is 128 Å². The Morgan fingerprint density at radius 2 is 1.24 bits per heavy atom. The number of aromatic hydroxyl groups is 2. The number of allylic oxidation sites excluding steroid dienone is 3. The highest BCUT2D eigenvalue weighted by Crippen LogP contribution is 2.51. The molecule has 5 rings (SSSR count). The molecular formula is C51H72N3O22S3+. The van der Waals surface area contributed by atoms with E-state index in [1.807, 2.05) is 46.8 Å². The highest BCUT2D eigenvalue weighted by molar-refractivity contribution is 7.86. The number of hydrogen-bond acceptors (Lipinski definition) is 20. The Balaban J connectivity index is 1.24. The summed E-state index contributed by atoms with van der Waals surface area (Å²) in [4.78, 5) is 18.3. The number of ether oxygens (including phenoxy) is 8. The molecule has 1 atom stereocenters. The first kappa shape index (κ1) is 64.5. The van der Waals surface area contributed by atoms with Crippen LogP contribution in [0.5, 0.6) is 11.8 Å². The van der Waals surface area contributed by atoms with Crippen LogP contribution in [0.3, 0.4) is 0 Å². The maximum Gasteiger partial charge on any atom is 0.335 e. The van der Waals surface area contributed by atoms with Gasteiger partial charge < -0.3 is 62.3 Å². The standard InChI is InChI=1S/C51H71N3O22S3/c1-51(16-4-36-77(58,59)60)44-39-42(79(64,65)66)9-11-45(44)53(19-23-70-28-31-74-35-34-72-29-26-68-20-15-50(57)76-54-48(55)12-13-49(54)56)47(51)7-3-6-40-14-21-75-46-38-41(8-10-43(40)46)52(17-5-37-78(61,62)63)18-22-69-27-30-73-33-32-71-25-24-67-2/h3,6-14,21,38-39H,4-5,15-20,22-37H2,1-2H3,(H4-,55,56,58,59,60,61,62,63,64,65,66)/p+1. The highest BCUT2D eigenvalue weighted by atomic mass is 32.2. The van der Waals surface area contributed by atoms with Gasteiger partial charge in [-0.05, 0) is 67.3 Å². The van der Waals surface area contributed by atoms with Crippen LogP contribution in [0.1, 0.15) is 43.7 Å². The van der Waals surface area contributed by atoms with Gasteiger partial charge in [0.1, 0.15) is 18.9 Å². The van der Waals surface area contributed by atoms with E-state index < -0.39 is 65.0 Å². The number of hydrogen-bond donors (Lipinski definition) is 5. The summed E-state index contributed by atoms with van der Waals surface area (Å²) in [5.74, 6) is -2.06. The first-order valence-electron chi connectivity index (χ1n) is 25.3. The van der Waals surface area contributed by atoms with Gasteiger partial charge >= 0.3 is 5.97 Å². The third kappa shape index (κ3) is 21.9. The monoisotopic (exact) mass is 1170 g/mol. The highest BCUT2D eigenvalue weighted by Gasteiger charge is 2.44. The fourth-order valence-corrected chi connectivity index (χ4v) is 9.90. The molecule has 5 N–H and O–H groups in total. The second kappa shape index (κ2) is 32.2. The Labute approximate surface area is 460 Å². The van der Waals surface area contributed by atoms with Crippen molar-refractivity contribution >= 4 is 48.1 Å². The fraction of sp³-hybridized carbons (Fsp3) is 0.529. The first-order chi connectivity index (χ1) is 37.7. The Hall–Kier alpha value is -5.31. The predicted molar refractivity (Wildman–Crippen MR) is 287 cm³/mol. The summed E-state index contributed by atoms with van der Waals surface area (Å²) in [6.45, 7) is 7.05. The van der Waals surface area contributed by atoms with Gasteiger partial charge in [-0.2, -0.15) is 25.3 Å². The van der Waals surface area contributed by atoms with Crippen LogP contribution >= 0.6 is 0 Å². The van der Waals surface area contributed by atoms with Crippen molar-refractivity contribution in [2.75, 3.05) is 142 Å². The summed E-state index contributed by atoms with van der Waals surface area (Å²) in [5, 5.41) is 19.9. The van der Waals surface area contributed by atoms with Crippen molar-refractivity contribution in [3.05, 3.63) is 95.2 Å². The van der Waals surface area contributed by atoms with Crippen LogP contribution in [0.4, 0.5) is 5.69 Å². The Bertz CT molecular complexity index is 2980. The average molecular weight is 1180 g/mol. The lowest BCUT2D eigenvalue weighted by molar-refractivity contribution is -0.146. The zero-order valence-electron chi connectivity index (χ0n) is 44.2. The second-order valence-electron chi connectivity index (χ2n) is 18.0. The number of benzene rings is 2. The summed E-state index contributed by atoms with van der Waals surface area (Å²) >= 11 is 0. The number of aromatic nitrogens is 1. The van der Waals surface area contributed by atoms with E-state index in [0.29, 0.717) is 85.6 Å². The molecule has 1 aromatic carbocycles. The van der Waals surface area contributed by atoms with E-state index in [-0.39, 0.29) is 96.5 Å². The molecule has 0 radical (unpaired) electrons. The lowest BCUT2D eigenvalue weighted by atomic mass is 9.77. The average Bonchev–Trinajstić information content (AvgIpc) is 4.09. The fourth-order valence-electron chi connectivity index (χ4n) is 8.39. The van der Waals surface area contributed by atoms with Crippen LogP contribution in [0.25, 0.3) is 17.4 Å². The predicted octanol–water partition coefficient (Wildman–Crippen LogP) is 3.05. The molecule has 0 spiro atoms. The van der Waals surface area contributed by atoms with E-state index in [0.717, 1.165) is 11.1 Å². The molecule has 3 aliphatic rings. The van der Waals surface area contributed by atoms with E-state index in [1.54, 1.807) is 25.3 Å². The molecule has 0 saturated carbocycles. The Morgan fingerprint density at radius 3 is 1.84 bits per heavy atom. The normalized spacial score (nSPS) is 15.9. The minimum Gasteiger partial charge on any atom is -0.492 e. The van der Waals surface area contributed by atoms with Crippen molar-refractivity contribution in [2.45, 2.75) is 42.9 Å². The molecule has 1 aromatic heterocycles. The third-order valence-electron chi connectivity index (χ3n) is 12.2. The molecule has 28 heteroatoms. The van der Waals surface area contributed by atoms with Crippen molar-refractivity contribution < 1.29 is 101 Å². The van der Waals surface area contributed by atoms with Gasteiger partial charge in [-0.25, -0.2) is 9.37 Å². The summed E-state index contributed by atoms with van der Waals surface area (Å²) in [7, 11) is -11.6. The number of methoxy groups -OCH3 is 1. The Morgan fingerprint density at radius 1 is 0.671 bits per heavy atom. The van der Waals surface area contributed by atoms with E-state index >= 15 is 0 Å².